The fourth-order valence-corrected chi connectivity index (χ4v) is 1.37. The van der Waals surface area contributed by atoms with E-state index in [0.717, 1.165) is 25.0 Å². The Kier molecular flexibility index (Phi) is 5.70. The third kappa shape index (κ3) is 4.86. The van der Waals surface area contributed by atoms with E-state index in [1.807, 2.05) is 0 Å². The van der Waals surface area contributed by atoms with Crippen molar-refractivity contribution in [2.75, 3.05) is 11.9 Å². The van der Waals surface area contributed by atoms with Crippen molar-refractivity contribution in [3.05, 3.63) is 24.3 Å². The predicted octanol–water partition coefficient (Wildman–Crippen LogP) is 1.68. The third-order valence-corrected chi connectivity index (χ3v) is 2.35. The Hall–Kier alpha value is -2.04. The number of hydrogen-bond donors (Lipinski definition) is 2. The number of carbonyl (C=O) groups excluding carboxylic acids is 2. The molecule has 0 bridgehead atoms. The maximum atomic E-state index is 11.0. The first-order chi connectivity index (χ1) is 8.63. The van der Waals surface area contributed by atoms with E-state index in [-0.39, 0.29) is 0 Å². The zero-order chi connectivity index (χ0) is 13.4. The number of unbranched alkanes of at least 4 members (excludes halogenated alkanes) is 2. The summed E-state index contributed by atoms with van der Waals surface area (Å²) in [5.41, 5.74) is 5.35. The van der Waals surface area contributed by atoms with E-state index in [2.05, 4.69) is 12.2 Å². The minimum Gasteiger partial charge on any atom is -0.494 e. The summed E-state index contributed by atoms with van der Waals surface area (Å²) < 4.78 is 5.51. The molecule has 0 radical (unpaired) electrons. The van der Waals surface area contributed by atoms with Gasteiger partial charge in [0.15, 0.2) is 0 Å². The van der Waals surface area contributed by atoms with Crippen LogP contribution in [0.1, 0.15) is 26.2 Å². The van der Waals surface area contributed by atoms with Gasteiger partial charge in [-0.25, -0.2) is 0 Å². The number of anilines is 1. The molecule has 0 saturated carbocycles. The number of nitrogens with two attached hydrogens (primary N) is 1. The molecule has 0 aliphatic carbocycles. The molecule has 3 N–H and O–H groups in total. The molecule has 5 heteroatoms. The monoisotopic (exact) mass is 250 g/mol. The molecule has 0 spiro atoms. The number of benzene rings is 1. The summed E-state index contributed by atoms with van der Waals surface area (Å²) >= 11 is 0. The highest BCUT2D eigenvalue weighted by atomic mass is 16.5. The zero-order valence-corrected chi connectivity index (χ0v) is 10.4. The molecule has 2 amide bonds. The zero-order valence-electron chi connectivity index (χ0n) is 10.4. The van der Waals surface area contributed by atoms with Gasteiger partial charge in [0.05, 0.1) is 6.61 Å². The average molecular weight is 250 g/mol. The van der Waals surface area contributed by atoms with Gasteiger partial charge in [-0.1, -0.05) is 19.8 Å². The molecule has 0 heterocycles. The summed E-state index contributed by atoms with van der Waals surface area (Å²) in [6, 6.07) is 6.80. The van der Waals surface area contributed by atoms with E-state index in [1.165, 1.54) is 0 Å². The number of hydrogen-bond acceptors (Lipinski definition) is 3. The van der Waals surface area contributed by atoms with Crippen LogP contribution in [0.2, 0.25) is 0 Å². The summed E-state index contributed by atoms with van der Waals surface area (Å²) in [7, 11) is 0. The molecular formula is C13H18N2O3. The molecule has 0 unspecified atom stereocenters. The first-order valence-corrected chi connectivity index (χ1v) is 5.97. The number of rotatable bonds is 6. The Morgan fingerprint density at radius 2 is 1.89 bits per heavy atom. The molecule has 0 fully saturated rings. The van der Waals surface area contributed by atoms with Crippen LogP contribution >= 0.6 is 0 Å². The van der Waals surface area contributed by atoms with Crippen LogP contribution in [0.5, 0.6) is 5.75 Å². The van der Waals surface area contributed by atoms with Gasteiger partial charge in [-0.2, -0.15) is 0 Å². The van der Waals surface area contributed by atoms with Crippen LogP contribution in [0.15, 0.2) is 24.3 Å². The maximum Gasteiger partial charge on any atom is 0.313 e. The largest absolute Gasteiger partial charge is 0.494 e. The summed E-state index contributed by atoms with van der Waals surface area (Å²) in [6.07, 6.45) is 3.32. The van der Waals surface area contributed by atoms with E-state index in [9.17, 15) is 9.59 Å². The van der Waals surface area contributed by atoms with Crippen molar-refractivity contribution < 1.29 is 14.3 Å². The van der Waals surface area contributed by atoms with E-state index in [1.54, 1.807) is 24.3 Å². The predicted molar refractivity (Wildman–Crippen MR) is 69.3 cm³/mol. The topological polar surface area (TPSA) is 81.4 Å². The molecule has 1 rings (SSSR count). The van der Waals surface area contributed by atoms with E-state index in [4.69, 9.17) is 10.5 Å². The first kappa shape index (κ1) is 14.0. The van der Waals surface area contributed by atoms with Gasteiger partial charge >= 0.3 is 11.8 Å². The molecule has 0 aromatic heterocycles. The number of primary amides is 1. The van der Waals surface area contributed by atoms with Crippen molar-refractivity contribution >= 4 is 17.5 Å². The van der Waals surface area contributed by atoms with Crippen LogP contribution in [0.3, 0.4) is 0 Å². The minimum absolute atomic E-state index is 0.514. The number of nitrogens with one attached hydrogen (secondary N) is 1. The highest BCUT2D eigenvalue weighted by Gasteiger charge is 2.08. The molecule has 1 aromatic rings. The Labute approximate surface area is 106 Å². The van der Waals surface area contributed by atoms with Crippen molar-refractivity contribution in [1.82, 2.24) is 0 Å². The second-order valence-electron chi connectivity index (χ2n) is 3.90. The SMILES string of the molecule is CCCCCOc1ccc(NC(=O)C(N)=O)cc1. The lowest BCUT2D eigenvalue weighted by Crippen LogP contribution is -2.29. The summed E-state index contributed by atoms with van der Waals surface area (Å²) in [6.45, 7) is 2.82. The first-order valence-electron chi connectivity index (χ1n) is 5.97. The van der Waals surface area contributed by atoms with Gasteiger partial charge in [0.25, 0.3) is 0 Å². The Bertz CT molecular complexity index is 401. The number of ether oxygens (including phenoxy) is 1. The van der Waals surface area contributed by atoms with Crippen LogP contribution in [0.4, 0.5) is 5.69 Å². The van der Waals surface area contributed by atoms with E-state index in [0.29, 0.717) is 12.3 Å². The quantitative estimate of drug-likeness (QED) is 0.595. The van der Waals surface area contributed by atoms with E-state index >= 15 is 0 Å². The summed E-state index contributed by atoms with van der Waals surface area (Å²) in [4.78, 5) is 21.6. The number of carbonyl (C=O) groups is 2. The van der Waals surface area contributed by atoms with Crippen LogP contribution in [0, 0.1) is 0 Å². The molecule has 98 valence electrons. The van der Waals surface area contributed by atoms with E-state index < -0.39 is 11.8 Å². The lowest BCUT2D eigenvalue weighted by atomic mass is 10.2. The van der Waals surface area contributed by atoms with Crippen molar-refractivity contribution in [2.45, 2.75) is 26.2 Å². The fourth-order valence-electron chi connectivity index (χ4n) is 1.37. The van der Waals surface area contributed by atoms with Gasteiger partial charge in [-0.15, -0.1) is 0 Å². The third-order valence-electron chi connectivity index (χ3n) is 2.35. The molecule has 0 aliphatic heterocycles. The Balaban J connectivity index is 2.42. The van der Waals surface area contributed by atoms with Gasteiger partial charge in [0, 0.05) is 5.69 Å². The standard InChI is InChI=1S/C13H18N2O3/c1-2-3-4-9-18-11-7-5-10(6-8-11)15-13(17)12(14)16/h5-8H,2-4,9H2,1H3,(H2,14,16)(H,15,17). The van der Waals surface area contributed by atoms with Gasteiger partial charge in [-0.3, -0.25) is 9.59 Å². The minimum atomic E-state index is -1.00. The van der Waals surface area contributed by atoms with Gasteiger partial charge in [0.2, 0.25) is 0 Å². The highest BCUT2D eigenvalue weighted by molar-refractivity contribution is 6.39. The molecule has 0 aliphatic rings. The van der Waals surface area contributed by atoms with Crippen molar-refractivity contribution in [2.24, 2.45) is 5.73 Å². The lowest BCUT2D eigenvalue weighted by molar-refractivity contribution is -0.134. The van der Waals surface area contributed by atoms with Crippen molar-refractivity contribution in [1.29, 1.82) is 0 Å². The van der Waals surface area contributed by atoms with Crippen molar-refractivity contribution in [3.8, 4) is 5.75 Å². The van der Waals surface area contributed by atoms with Gasteiger partial charge < -0.3 is 15.8 Å². The van der Waals surface area contributed by atoms with Gasteiger partial charge in [0.1, 0.15) is 5.75 Å². The molecule has 5 nitrogen and oxygen atoms in total. The van der Waals surface area contributed by atoms with Crippen LogP contribution in [-0.4, -0.2) is 18.4 Å². The van der Waals surface area contributed by atoms with Crippen molar-refractivity contribution in [3.63, 3.8) is 0 Å². The number of amides is 2. The molecule has 18 heavy (non-hydrogen) atoms. The maximum absolute atomic E-state index is 11.0. The Morgan fingerprint density at radius 1 is 1.22 bits per heavy atom. The van der Waals surface area contributed by atoms with Crippen LogP contribution < -0.4 is 15.8 Å². The average Bonchev–Trinajstić information content (AvgIpc) is 2.36. The van der Waals surface area contributed by atoms with Crippen LogP contribution in [-0.2, 0) is 9.59 Å². The fraction of sp³-hybridized carbons (Fsp3) is 0.385. The highest BCUT2D eigenvalue weighted by Crippen LogP contribution is 2.16. The molecule has 1 aromatic carbocycles. The lowest BCUT2D eigenvalue weighted by Gasteiger charge is -2.07. The molecular weight excluding hydrogens is 232 g/mol. The molecule has 0 atom stereocenters. The second-order valence-corrected chi connectivity index (χ2v) is 3.90. The van der Waals surface area contributed by atoms with Gasteiger partial charge in [-0.05, 0) is 30.7 Å². The Morgan fingerprint density at radius 3 is 2.44 bits per heavy atom. The van der Waals surface area contributed by atoms with Crippen LogP contribution in [0.25, 0.3) is 0 Å². The second kappa shape index (κ2) is 7.32. The smallest absolute Gasteiger partial charge is 0.313 e. The summed E-state index contributed by atoms with van der Waals surface area (Å²) in [5, 5.41) is 2.38. The normalized spacial score (nSPS) is 9.83. The molecule has 0 saturated heterocycles. The summed E-state index contributed by atoms with van der Waals surface area (Å²) in [5.74, 6) is -1.09.